The van der Waals surface area contributed by atoms with E-state index in [0.717, 1.165) is 0 Å². The van der Waals surface area contributed by atoms with Gasteiger partial charge in [0.05, 0.1) is 19.1 Å². The van der Waals surface area contributed by atoms with E-state index < -0.39 is 24.0 Å². The van der Waals surface area contributed by atoms with E-state index >= 15 is 0 Å². The van der Waals surface area contributed by atoms with Crippen LogP contribution in [0.3, 0.4) is 0 Å². The van der Waals surface area contributed by atoms with Crippen LogP contribution >= 0.6 is 0 Å². The van der Waals surface area contributed by atoms with Crippen molar-refractivity contribution in [3.05, 3.63) is 0 Å². The maximum absolute atomic E-state index is 11.7. The molecular formula is C10H20N2O5. The van der Waals surface area contributed by atoms with Crippen molar-refractivity contribution in [2.24, 2.45) is 5.92 Å². The second-order valence-corrected chi connectivity index (χ2v) is 3.80. The van der Waals surface area contributed by atoms with Crippen LogP contribution in [0.4, 0.5) is 4.79 Å². The summed E-state index contributed by atoms with van der Waals surface area (Å²) in [6.07, 6.45) is 0. The maximum Gasteiger partial charge on any atom is 0.317 e. The zero-order chi connectivity index (χ0) is 13.4. The summed E-state index contributed by atoms with van der Waals surface area (Å²) in [6, 6.07) is -1.02. The summed E-state index contributed by atoms with van der Waals surface area (Å²) in [6.45, 7) is 2.86. The quantitative estimate of drug-likeness (QED) is 0.466. The number of rotatable bonds is 7. The van der Waals surface area contributed by atoms with Gasteiger partial charge < -0.3 is 25.5 Å². The predicted octanol–water partition coefficient (Wildman–Crippen LogP) is -0.908. The number of hydrogen-bond donors (Lipinski definition) is 4. The smallest absolute Gasteiger partial charge is 0.317 e. The van der Waals surface area contributed by atoms with Crippen LogP contribution in [0.25, 0.3) is 0 Å². The Balaban J connectivity index is 4.33. The SMILES string of the molecule is CC(NC(=O)N(CCO)CCO)C(C)C(=O)O. The molecule has 0 aromatic heterocycles. The summed E-state index contributed by atoms with van der Waals surface area (Å²) < 4.78 is 0. The van der Waals surface area contributed by atoms with Gasteiger partial charge in [-0.3, -0.25) is 4.79 Å². The Morgan fingerprint density at radius 3 is 2.00 bits per heavy atom. The topological polar surface area (TPSA) is 110 Å². The Bertz CT molecular complexity index is 253. The molecule has 17 heavy (non-hydrogen) atoms. The van der Waals surface area contributed by atoms with E-state index in [1.165, 1.54) is 11.8 Å². The summed E-state index contributed by atoms with van der Waals surface area (Å²) in [7, 11) is 0. The van der Waals surface area contributed by atoms with Gasteiger partial charge in [-0.1, -0.05) is 0 Å². The second kappa shape index (κ2) is 7.86. The van der Waals surface area contributed by atoms with Crippen LogP contribution in [0.15, 0.2) is 0 Å². The molecular weight excluding hydrogens is 228 g/mol. The first-order valence-electron chi connectivity index (χ1n) is 5.44. The molecule has 0 heterocycles. The molecule has 2 amide bonds. The minimum atomic E-state index is -0.992. The second-order valence-electron chi connectivity index (χ2n) is 3.80. The molecule has 0 aliphatic rings. The third-order valence-electron chi connectivity index (χ3n) is 2.52. The first-order chi connectivity index (χ1) is 7.93. The first-order valence-corrected chi connectivity index (χ1v) is 5.44. The average molecular weight is 248 g/mol. The van der Waals surface area contributed by atoms with E-state index in [4.69, 9.17) is 15.3 Å². The number of carboxylic acid groups (broad SMARTS) is 1. The van der Waals surface area contributed by atoms with Crippen LogP contribution in [0, 0.1) is 5.92 Å². The van der Waals surface area contributed by atoms with Gasteiger partial charge in [-0.05, 0) is 13.8 Å². The van der Waals surface area contributed by atoms with Crippen LogP contribution in [0.1, 0.15) is 13.8 Å². The highest BCUT2D eigenvalue weighted by Gasteiger charge is 2.22. The predicted molar refractivity (Wildman–Crippen MR) is 60.5 cm³/mol. The van der Waals surface area contributed by atoms with Crippen LogP contribution in [0.5, 0.6) is 0 Å². The highest BCUT2D eigenvalue weighted by Crippen LogP contribution is 2.03. The van der Waals surface area contributed by atoms with Crippen molar-refractivity contribution < 1.29 is 24.9 Å². The Kier molecular flexibility index (Phi) is 7.24. The largest absolute Gasteiger partial charge is 0.481 e. The number of amides is 2. The number of aliphatic carboxylic acids is 1. The van der Waals surface area contributed by atoms with E-state index in [2.05, 4.69) is 5.32 Å². The van der Waals surface area contributed by atoms with Crippen molar-refractivity contribution in [1.82, 2.24) is 10.2 Å². The molecule has 0 saturated heterocycles. The molecule has 100 valence electrons. The van der Waals surface area contributed by atoms with Gasteiger partial charge in [-0.2, -0.15) is 0 Å². The van der Waals surface area contributed by atoms with Gasteiger partial charge in [0.1, 0.15) is 0 Å². The summed E-state index contributed by atoms with van der Waals surface area (Å²) in [5.41, 5.74) is 0. The standard InChI is InChI=1S/C10H20N2O5/c1-7(9(15)16)8(2)11-10(17)12(3-5-13)4-6-14/h7-8,13-14H,3-6H2,1-2H3,(H,11,17)(H,15,16). The fraction of sp³-hybridized carbons (Fsp3) is 0.800. The fourth-order valence-electron chi connectivity index (χ4n) is 1.18. The number of nitrogens with zero attached hydrogens (tertiary/aromatic N) is 1. The molecule has 0 bridgehead atoms. The summed E-state index contributed by atoms with van der Waals surface area (Å²) in [5, 5.41) is 28.8. The van der Waals surface area contributed by atoms with Gasteiger partial charge in [0.2, 0.25) is 0 Å². The number of carboxylic acids is 1. The molecule has 0 aromatic rings. The lowest BCUT2D eigenvalue weighted by Crippen LogP contribution is -2.48. The Labute approximate surface area is 100 Å². The molecule has 0 rings (SSSR count). The van der Waals surface area contributed by atoms with Crippen LogP contribution in [-0.4, -0.2) is 64.6 Å². The summed E-state index contributed by atoms with van der Waals surface area (Å²) in [5.74, 6) is -1.70. The molecule has 7 heteroatoms. The lowest BCUT2D eigenvalue weighted by atomic mass is 10.0. The molecule has 0 aliphatic carbocycles. The number of hydrogen-bond acceptors (Lipinski definition) is 4. The number of carbonyl (C=O) groups is 2. The van der Waals surface area contributed by atoms with Gasteiger partial charge in [0.15, 0.2) is 0 Å². The Morgan fingerprint density at radius 1 is 1.18 bits per heavy atom. The monoisotopic (exact) mass is 248 g/mol. The number of nitrogens with one attached hydrogen (secondary N) is 1. The van der Waals surface area contributed by atoms with Crippen molar-refractivity contribution >= 4 is 12.0 Å². The van der Waals surface area contributed by atoms with Crippen LogP contribution in [-0.2, 0) is 4.79 Å². The zero-order valence-electron chi connectivity index (χ0n) is 10.1. The minimum absolute atomic E-state index is 0.0978. The third-order valence-corrected chi connectivity index (χ3v) is 2.52. The highest BCUT2D eigenvalue weighted by molar-refractivity contribution is 5.76. The van der Waals surface area contributed by atoms with Crippen molar-refractivity contribution in [3.8, 4) is 0 Å². The van der Waals surface area contributed by atoms with Gasteiger partial charge in [-0.15, -0.1) is 0 Å². The Morgan fingerprint density at radius 2 is 1.65 bits per heavy atom. The molecule has 4 N–H and O–H groups in total. The van der Waals surface area contributed by atoms with Gasteiger partial charge in [0, 0.05) is 19.1 Å². The first kappa shape index (κ1) is 15.7. The zero-order valence-corrected chi connectivity index (χ0v) is 10.1. The molecule has 0 aromatic carbocycles. The number of aliphatic hydroxyl groups is 2. The average Bonchev–Trinajstić information content (AvgIpc) is 2.27. The molecule has 0 fully saturated rings. The maximum atomic E-state index is 11.7. The lowest BCUT2D eigenvalue weighted by Gasteiger charge is -2.25. The van der Waals surface area contributed by atoms with E-state index in [1.54, 1.807) is 6.92 Å². The third kappa shape index (κ3) is 5.50. The number of carbonyl (C=O) groups excluding carboxylic acids is 1. The van der Waals surface area contributed by atoms with Gasteiger partial charge >= 0.3 is 12.0 Å². The number of urea groups is 1. The minimum Gasteiger partial charge on any atom is -0.481 e. The van der Waals surface area contributed by atoms with Gasteiger partial charge in [-0.25, -0.2) is 4.79 Å². The van der Waals surface area contributed by atoms with Crippen molar-refractivity contribution in [2.45, 2.75) is 19.9 Å². The van der Waals surface area contributed by atoms with Gasteiger partial charge in [0.25, 0.3) is 0 Å². The molecule has 2 atom stereocenters. The Hall–Kier alpha value is -1.34. The highest BCUT2D eigenvalue weighted by atomic mass is 16.4. The van der Waals surface area contributed by atoms with Crippen molar-refractivity contribution in [2.75, 3.05) is 26.3 Å². The van der Waals surface area contributed by atoms with Crippen molar-refractivity contribution in [3.63, 3.8) is 0 Å². The van der Waals surface area contributed by atoms with E-state index in [-0.39, 0.29) is 26.3 Å². The molecule has 0 spiro atoms. The molecule has 0 aliphatic heterocycles. The molecule has 7 nitrogen and oxygen atoms in total. The van der Waals surface area contributed by atoms with Crippen molar-refractivity contribution in [1.29, 1.82) is 0 Å². The van der Waals surface area contributed by atoms with Crippen LogP contribution < -0.4 is 5.32 Å². The van der Waals surface area contributed by atoms with E-state index in [1.807, 2.05) is 0 Å². The van der Waals surface area contributed by atoms with Crippen LogP contribution in [0.2, 0.25) is 0 Å². The van der Waals surface area contributed by atoms with E-state index in [9.17, 15) is 9.59 Å². The molecule has 0 radical (unpaired) electrons. The number of aliphatic hydroxyl groups excluding tert-OH is 2. The normalized spacial score (nSPS) is 13.9. The summed E-state index contributed by atoms with van der Waals surface area (Å²) >= 11 is 0. The lowest BCUT2D eigenvalue weighted by molar-refractivity contribution is -0.141. The molecule has 2 unspecified atom stereocenters. The molecule has 0 saturated carbocycles. The summed E-state index contributed by atoms with van der Waals surface area (Å²) in [4.78, 5) is 23.6. The van der Waals surface area contributed by atoms with E-state index in [0.29, 0.717) is 0 Å². The fourth-order valence-corrected chi connectivity index (χ4v) is 1.18.